The van der Waals surface area contributed by atoms with Crippen molar-refractivity contribution in [1.82, 2.24) is 4.98 Å². The van der Waals surface area contributed by atoms with Crippen LogP contribution in [0.15, 0.2) is 12.3 Å². The van der Waals surface area contributed by atoms with Gasteiger partial charge in [0.25, 0.3) is 0 Å². The van der Waals surface area contributed by atoms with Crippen LogP contribution < -0.4 is 4.90 Å². The molecule has 1 saturated carbocycles. The van der Waals surface area contributed by atoms with E-state index < -0.39 is 0 Å². The Morgan fingerprint density at radius 3 is 2.75 bits per heavy atom. The van der Waals surface area contributed by atoms with Crippen molar-refractivity contribution in [3.8, 4) is 0 Å². The first-order valence-electron chi connectivity index (χ1n) is 5.36. The lowest BCUT2D eigenvalue weighted by atomic mass is 9.91. The maximum absolute atomic E-state index is 13.7. The fourth-order valence-corrected chi connectivity index (χ4v) is 2.20. The number of nitrogens with zero attached hydrogens (tertiary/aromatic N) is 2. The molecule has 0 atom stereocenters. The first-order valence-corrected chi connectivity index (χ1v) is 6.27. The second-order valence-corrected chi connectivity index (χ2v) is 4.74. The Bertz CT molecular complexity index is 369. The predicted octanol–water partition coefficient (Wildman–Crippen LogP) is 3.47. The van der Waals surface area contributed by atoms with Crippen LogP contribution in [0.2, 0.25) is 5.02 Å². The van der Waals surface area contributed by atoms with Crippen molar-refractivity contribution < 1.29 is 4.39 Å². The first-order chi connectivity index (χ1) is 7.72. The van der Waals surface area contributed by atoms with Crippen molar-refractivity contribution in [3.05, 3.63) is 23.1 Å². The molecular weight excluding hydrogens is 250 g/mol. The minimum atomic E-state index is -0.371. The lowest BCUT2D eigenvalue weighted by Crippen LogP contribution is -2.42. The number of pyridine rings is 1. The maximum Gasteiger partial charge on any atom is 0.167 e. The standard InChI is InChI=1S/C11H13Cl2FN2/c12-4-5-16(9-2-1-3-9)11-10(14)6-8(13)7-15-11/h6-7,9H,1-5H2. The van der Waals surface area contributed by atoms with E-state index in [9.17, 15) is 4.39 Å². The molecule has 0 aliphatic heterocycles. The van der Waals surface area contributed by atoms with E-state index in [0.717, 1.165) is 12.8 Å². The van der Waals surface area contributed by atoms with Crippen molar-refractivity contribution in [2.24, 2.45) is 0 Å². The molecule has 5 heteroatoms. The van der Waals surface area contributed by atoms with Gasteiger partial charge in [0, 0.05) is 24.7 Å². The zero-order valence-electron chi connectivity index (χ0n) is 8.80. The van der Waals surface area contributed by atoms with E-state index in [2.05, 4.69) is 4.98 Å². The third-order valence-electron chi connectivity index (χ3n) is 2.90. The molecule has 88 valence electrons. The Morgan fingerprint density at radius 1 is 1.50 bits per heavy atom. The van der Waals surface area contributed by atoms with Gasteiger partial charge in [-0.05, 0) is 25.3 Å². The quantitative estimate of drug-likeness (QED) is 0.773. The van der Waals surface area contributed by atoms with Crippen molar-refractivity contribution >= 4 is 29.0 Å². The smallest absolute Gasteiger partial charge is 0.167 e. The molecule has 0 aromatic carbocycles. The molecular formula is C11H13Cl2FN2. The van der Waals surface area contributed by atoms with Gasteiger partial charge in [-0.15, -0.1) is 11.6 Å². The Hall–Kier alpha value is -0.540. The van der Waals surface area contributed by atoms with Gasteiger partial charge in [-0.25, -0.2) is 9.37 Å². The SMILES string of the molecule is Fc1cc(Cl)cnc1N(CCCl)C1CCC1. The highest BCUT2D eigenvalue weighted by atomic mass is 35.5. The van der Waals surface area contributed by atoms with Crippen LogP contribution in [-0.2, 0) is 0 Å². The monoisotopic (exact) mass is 262 g/mol. The second-order valence-electron chi connectivity index (χ2n) is 3.93. The highest BCUT2D eigenvalue weighted by Crippen LogP contribution is 2.30. The van der Waals surface area contributed by atoms with E-state index in [-0.39, 0.29) is 5.82 Å². The average molecular weight is 263 g/mol. The first kappa shape index (κ1) is 11.9. The minimum Gasteiger partial charge on any atom is -0.350 e. The van der Waals surface area contributed by atoms with E-state index in [1.807, 2.05) is 4.90 Å². The van der Waals surface area contributed by atoms with Crippen LogP contribution in [0.1, 0.15) is 19.3 Å². The zero-order valence-corrected chi connectivity index (χ0v) is 10.3. The minimum absolute atomic E-state index is 0.320. The number of hydrogen-bond donors (Lipinski definition) is 0. The lowest BCUT2D eigenvalue weighted by Gasteiger charge is -2.38. The Morgan fingerprint density at radius 2 is 2.25 bits per heavy atom. The largest absolute Gasteiger partial charge is 0.350 e. The van der Waals surface area contributed by atoms with Gasteiger partial charge in [0.05, 0.1) is 5.02 Å². The lowest BCUT2D eigenvalue weighted by molar-refractivity contribution is 0.384. The number of anilines is 1. The summed E-state index contributed by atoms with van der Waals surface area (Å²) in [5, 5.41) is 0.320. The van der Waals surface area contributed by atoms with Crippen molar-refractivity contribution in [2.45, 2.75) is 25.3 Å². The molecule has 1 fully saturated rings. The van der Waals surface area contributed by atoms with Gasteiger partial charge in [-0.2, -0.15) is 0 Å². The molecule has 1 aromatic heterocycles. The summed E-state index contributed by atoms with van der Waals surface area (Å²) in [5.41, 5.74) is 0. The van der Waals surface area contributed by atoms with Crippen LogP contribution in [0.5, 0.6) is 0 Å². The maximum atomic E-state index is 13.7. The van der Waals surface area contributed by atoms with Crippen molar-refractivity contribution in [3.63, 3.8) is 0 Å². The highest BCUT2D eigenvalue weighted by molar-refractivity contribution is 6.30. The van der Waals surface area contributed by atoms with Gasteiger partial charge in [-0.3, -0.25) is 0 Å². The summed E-state index contributed by atoms with van der Waals surface area (Å²) in [6.07, 6.45) is 4.83. The van der Waals surface area contributed by atoms with Crippen LogP contribution in [0.25, 0.3) is 0 Å². The van der Waals surface area contributed by atoms with Crippen LogP contribution in [0.3, 0.4) is 0 Å². The van der Waals surface area contributed by atoms with Gasteiger partial charge in [0.15, 0.2) is 11.6 Å². The predicted molar refractivity (Wildman–Crippen MR) is 64.9 cm³/mol. The molecule has 2 nitrogen and oxygen atoms in total. The summed E-state index contributed by atoms with van der Waals surface area (Å²) in [6, 6.07) is 1.67. The van der Waals surface area contributed by atoms with Gasteiger partial charge in [0.1, 0.15) is 0 Å². The van der Waals surface area contributed by atoms with Crippen molar-refractivity contribution in [1.29, 1.82) is 0 Å². The molecule has 16 heavy (non-hydrogen) atoms. The number of halogens is 3. The fourth-order valence-electron chi connectivity index (χ4n) is 1.87. The molecule has 0 N–H and O–H groups in total. The van der Waals surface area contributed by atoms with E-state index in [4.69, 9.17) is 23.2 Å². The zero-order chi connectivity index (χ0) is 11.5. The van der Waals surface area contributed by atoms with Gasteiger partial charge < -0.3 is 4.90 Å². The molecule has 0 spiro atoms. The number of rotatable bonds is 4. The fraction of sp³-hybridized carbons (Fsp3) is 0.545. The van der Waals surface area contributed by atoms with E-state index in [0.29, 0.717) is 29.3 Å². The van der Waals surface area contributed by atoms with E-state index in [1.165, 1.54) is 18.7 Å². The molecule has 1 aromatic rings. The summed E-state index contributed by atoms with van der Waals surface area (Å²) in [7, 11) is 0. The summed E-state index contributed by atoms with van der Waals surface area (Å²) in [6.45, 7) is 0.623. The van der Waals surface area contributed by atoms with Crippen LogP contribution in [0, 0.1) is 5.82 Å². The number of alkyl halides is 1. The van der Waals surface area contributed by atoms with Crippen LogP contribution >= 0.6 is 23.2 Å². The number of aromatic nitrogens is 1. The summed E-state index contributed by atoms with van der Waals surface area (Å²) in [5.74, 6) is 0.472. The Balaban J connectivity index is 2.23. The van der Waals surface area contributed by atoms with E-state index >= 15 is 0 Å². The molecule has 0 unspecified atom stereocenters. The molecule has 0 saturated heterocycles. The van der Waals surface area contributed by atoms with Crippen LogP contribution in [-0.4, -0.2) is 23.5 Å². The molecule has 0 radical (unpaired) electrons. The molecule has 1 aliphatic rings. The van der Waals surface area contributed by atoms with E-state index in [1.54, 1.807) is 0 Å². The normalized spacial score (nSPS) is 15.9. The Labute approximate surface area is 104 Å². The topological polar surface area (TPSA) is 16.1 Å². The molecule has 0 bridgehead atoms. The molecule has 0 amide bonds. The van der Waals surface area contributed by atoms with Crippen LogP contribution in [0.4, 0.5) is 10.2 Å². The molecule has 1 aliphatic carbocycles. The van der Waals surface area contributed by atoms with Gasteiger partial charge in [-0.1, -0.05) is 11.6 Å². The summed E-state index contributed by atoms with van der Waals surface area (Å²) in [4.78, 5) is 6.01. The third kappa shape index (κ3) is 2.41. The second kappa shape index (κ2) is 5.19. The molecule has 2 rings (SSSR count). The summed E-state index contributed by atoms with van der Waals surface area (Å²) < 4.78 is 13.7. The van der Waals surface area contributed by atoms with Crippen molar-refractivity contribution in [2.75, 3.05) is 17.3 Å². The number of hydrogen-bond acceptors (Lipinski definition) is 2. The van der Waals surface area contributed by atoms with Gasteiger partial charge >= 0.3 is 0 Å². The molecule has 1 heterocycles. The highest BCUT2D eigenvalue weighted by Gasteiger charge is 2.27. The average Bonchev–Trinajstić information content (AvgIpc) is 2.14. The Kier molecular flexibility index (Phi) is 3.87. The van der Waals surface area contributed by atoms with Gasteiger partial charge in [0.2, 0.25) is 0 Å². The third-order valence-corrected chi connectivity index (χ3v) is 3.28. The summed E-state index contributed by atoms with van der Waals surface area (Å²) >= 11 is 11.4.